The quantitative estimate of drug-likeness (QED) is 0.119. The van der Waals surface area contributed by atoms with Gasteiger partial charge in [0.2, 0.25) is 5.95 Å². The summed E-state index contributed by atoms with van der Waals surface area (Å²) in [5, 5.41) is 6.21. The van der Waals surface area contributed by atoms with E-state index in [0.717, 1.165) is 0 Å². The van der Waals surface area contributed by atoms with E-state index < -0.39 is 29.0 Å². The number of nitrogens with one attached hydrogen (secondary N) is 2. The first-order valence-electron chi connectivity index (χ1n) is 17.6. The number of hydrogen-bond acceptors (Lipinski definition) is 9. The number of rotatable bonds is 10. The average molecular weight is 764 g/mol. The molecule has 0 spiro atoms. The summed E-state index contributed by atoms with van der Waals surface area (Å²) in [4.78, 5) is 29.5. The average Bonchev–Trinajstić information content (AvgIpc) is 3.67. The van der Waals surface area contributed by atoms with Gasteiger partial charge in [0, 0.05) is 13.5 Å². The van der Waals surface area contributed by atoms with Gasteiger partial charge in [0.1, 0.15) is 12.3 Å². The molecular formula is C37H53N7O5SSi2. The number of aromatic nitrogens is 4. The number of imidazole rings is 1. The number of ether oxygens (including phenoxy) is 2. The van der Waals surface area contributed by atoms with Crippen LogP contribution in [0.25, 0.3) is 11.2 Å². The lowest BCUT2D eigenvalue weighted by Gasteiger charge is -2.40. The van der Waals surface area contributed by atoms with Crippen molar-refractivity contribution < 1.29 is 23.1 Å². The van der Waals surface area contributed by atoms with Crippen LogP contribution in [0.3, 0.4) is 0 Å². The Morgan fingerprint density at radius 2 is 1.52 bits per heavy atom. The van der Waals surface area contributed by atoms with E-state index in [1.165, 1.54) is 4.90 Å². The highest BCUT2D eigenvalue weighted by Gasteiger charge is 2.47. The first kappa shape index (κ1) is 39.5. The minimum atomic E-state index is -2.19. The lowest BCUT2D eigenvalue weighted by atomic mass is 10.2. The smallest absolute Gasteiger partial charge is 0.414 e. The van der Waals surface area contributed by atoms with Gasteiger partial charge in [-0.25, -0.2) is 14.7 Å². The van der Waals surface area contributed by atoms with Crippen molar-refractivity contribution in [1.29, 1.82) is 0 Å². The maximum atomic E-state index is 14.0. The van der Waals surface area contributed by atoms with E-state index >= 15 is 0 Å². The van der Waals surface area contributed by atoms with Crippen molar-refractivity contribution in [1.82, 2.24) is 24.8 Å². The number of carbonyl (C=O) groups excluding carboxylic acids is 1. The molecule has 2 aromatic heterocycles. The Hall–Kier alpha value is -3.74. The van der Waals surface area contributed by atoms with Crippen molar-refractivity contribution in [2.45, 2.75) is 103 Å². The molecule has 0 aliphatic carbocycles. The molecule has 15 heteroatoms. The van der Waals surface area contributed by atoms with Crippen LogP contribution in [0.15, 0.2) is 67.0 Å². The number of para-hydroxylation sites is 2. The zero-order chi connectivity index (χ0) is 38.1. The van der Waals surface area contributed by atoms with E-state index in [1.54, 1.807) is 13.4 Å². The molecule has 1 aliphatic rings. The predicted molar refractivity (Wildman–Crippen MR) is 215 cm³/mol. The number of anilines is 3. The summed E-state index contributed by atoms with van der Waals surface area (Å²) in [6.07, 6.45) is 0.513. The zero-order valence-corrected chi connectivity index (χ0v) is 35.0. The van der Waals surface area contributed by atoms with Crippen molar-refractivity contribution in [2.24, 2.45) is 0 Å². The Morgan fingerprint density at radius 1 is 0.942 bits per heavy atom. The molecule has 3 heterocycles. The second-order valence-corrected chi connectivity index (χ2v) is 26.1. The molecule has 0 radical (unpaired) electrons. The third-order valence-corrected chi connectivity index (χ3v) is 19.7. The second-order valence-electron chi connectivity index (χ2n) is 16.1. The summed E-state index contributed by atoms with van der Waals surface area (Å²) >= 11 is 5.39. The van der Waals surface area contributed by atoms with Crippen molar-refractivity contribution in [2.75, 3.05) is 23.9 Å². The van der Waals surface area contributed by atoms with E-state index in [2.05, 4.69) is 88.3 Å². The topological polar surface area (TPSA) is 125 Å². The molecule has 4 aromatic rings. The van der Waals surface area contributed by atoms with Crippen LogP contribution in [-0.4, -0.2) is 73.2 Å². The van der Waals surface area contributed by atoms with Crippen LogP contribution in [-0.2, 0) is 13.6 Å². The highest BCUT2D eigenvalue weighted by Crippen LogP contribution is 2.43. The first-order chi connectivity index (χ1) is 24.3. The minimum Gasteiger partial charge on any atom is -0.414 e. The van der Waals surface area contributed by atoms with E-state index in [4.69, 9.17) is 35.5 Å². The zero-order valence-electron chi connectivity index (χ0n) is 32.2. The number of thiocarbonyl (C=S) groups is 1. The lowest BCUT2D eigenvalue weighted by molar-refractivity contribution is -0.0383. The Balaban J connectivity index is 1.52. The van der Waals surface area contributed by atoms with Gasteiger partial charge >= 0.3 is 6.09 Å². The summed E-state index contributed by atoms with van der Waals surface area (Å²) in [5.41, 5.74) is 1.96. The van der Waals surface area contributed by atoms with Crippen LogP contribution >= 0.6 is 12.2 Å². The Bertz CT molecular complexity index is 1820. The standard InChI is InChI=1S/C37H53N7O5SSi2/c1-36(2,3)51(8,9)46-23-28-27(49-52(10,11)37(4,5)6)22-29(47-28)43-24-39-30-31(43)40-33(42-34(50)38-7)41-32(30)48-35(45)44(25-18-14-12-15-19-25)26-20-16-13-17-21-26/h12-21,24,27-29H,22-23H2,1-11H3,(H2,38,40,41,42,50)/t27-,28+,29+/m0/s1. The highest BCUT2D eigenvalue weighted by molar-refractivity contribution is 7.80. The van der Waals surface area contributed by atoms with Crippen molar-refractivity contribution >= 4 is 68.5 Å². The minimum absolute atomic E-state index is 0.00329. The molecule has 1 fully saturated rings. The maximum absolute atomic E-state index is 14.0. The molecule has 5 rings (SSSR count). The molecule has 280 valence electrons. The van der Waals surface area contributed by atoms with Crippen LogP contribution in [0.1, 0.15) is 54.2 Å². The molecule has 3 atom stereocenters. The molecule has 1 saturated heterocycles. The summed E-state index contributed by atoms with van der Waals surface area (Å²) in [5.74, 6) is 0.101. The third-order valence-electron chi connectivity index (χ3n) is 10.4. The number of hydrogen-bond donors (Lipinski definition) is 2. The molecular weight excluding hydrogens is 711 g/mol. The van der Waals surface area contributed by atoms with Crippen molar-refractivity contribution in [3.63, 3.8) is 0 Å². The lowest BCUT2D eigenvalue weighted by Crippen LogP contribution is -2.48. The largest absolute Gasteiger partial charge is 0.425 e. The number of amides is 1. The van der Waals surface area contributed by atoms with Gasteiger partial charge in [-0.2, -0.15) is 9.97 Å². The van der Waals surface area contributed by atoms with Crippen molar-refractivity contribution in [3.05, 3.63) is 67.0 Å². The maximum Gasteiger partial charge on any atom is 0.425 e. The number of fused-ring (bicyclic) bond motifs is 1. The predicted octanol–water partition coefficient (Wildman–Crippen LogP) is 8.78. The highest BCUT2D eigenvalue weighted by atomic mass is 32.1. The van der Waals surface area contributed by atoms with Crippen LogP contribution < -0.4 is 20.3 Å². The first-order valence-corrected chi connectivity index (χ1v) is 23.9. The Morgan fingerprint density at radius 3 is 2.06 bits per heavy atom. The SMILES string of the molecule is CNC(=S)Nc1nc(OC(=O)N(c2ccccc2)c2ccccc2)c2ncn([C@H]3C[C@H](O[Si](C)(C)C(C)(C)C)[C@@H](CO[Si](C)(C)C(C)(C)C)O3)c2n1. The van der Waals surface area contributed by atoms with Gasteiger partial charge in [0.05, 0.1) is 30.4 Å². The number of benzene rings is 2. The van der Waals surface area contributed by atoms with Crippen LogP contribution in [0, 0.1) is 0 Å². The molecule has 1 amide bonds. The fraction of sp³-hybridized carbons (Fsp3) is 0.486. The van der Waals surface area contributed by atoms with Gasteiger partial charge in [-0.3, -0.25) is 4.57 Å². The van der Waals surface area contributed by atoms with E-state index in [9.17, 15) is 4.79 Å². The normalized spacial score (nSPS) is 18.3. The van der Waals surface area contributed by atoms with Gasteiger partial charge in [-0.15, -0.1) is 0 Å². The van der Waals surface area contributed by atoms with Crippen LogP contribution in [0.5, 0.6) is 5.88 Å². The van der Waals surface area contributed by atoms with Crippen LogP contribution in [0.4, 0.5) is 22.1 Å². The monoisotopic (exact) mass is 763 g/mol. The summed E-state index contributed by atoms with van der Waals surface area (Å²) in [7, 11) is -2.57. The van der Waals surface area contributed by atoms with Crippen molar-refractivity contribution in [3.8, 4) is 5.88 Å². The fourth-order valence-corrected chi connectivity index (χ4v) is 7.71. The van der Waals surface area contributed by atoms with Gasteiger partial charge in [-0.1, -0.05) is 77.9 Å². The Kier molecular flexibility index (Phi) is 11.6. The molecule has 12 nitrogen and oxygen atoms in total. The molecule has 2 aromatic carbocycles. The van der Waals surface area contributed by atoms with Crippen LogP contribution in [0.2, 0.25) is 36.3 Å². The number of carbonyl (C=O) groups is 1. The number of nitrogens with zero attached hydrogens (tertiary/aromatic N) is 5. The fourth-order valence-electron chi connectivity index (χ4n) is 5.24. The third kappa shape index (κ3) is 8.72. The summed E-state index contributed by atoms with van der Waals surface area (Å²) < 4.78 is 28.4. The van der Waals surface area contributed by atoms with Gasteiger partial charge in [-0.05, 0) is 72.7 Å². The molecule has 52 heavy (non-hydrogen) atoms. The van der Waals surface area contributed by atoms with Gasteiger partial charge in [0.25, 0.3) is 5.88 Å². The summed E-state index contributed by atoms with van der Waals surface area (Å²) in [6, 6.07) is 18.6. The summed E-state index contributed by atoms with van der Waals surface area (Å²) in [6.45, 7) is 22.8. The molecule has 0 unspecified atom stereocenters. The Labute approximate surface area is 314 Å². The van der Waals surface area contributed by atoms with E-state index in [-0.39, 0.29) is 34.1 Å². The van der Waals surface area contributed by atoms with E-state index in [1.807, 2.05) is 65.2 Å². The molecule has 0 saturated carbocycles. The van der Waals surface area contributed by atoms with Gasteiger partial charge < -0.3 is 29.0 Å². The second kappa shape index (κ2) is 15.3. The molecule has 2 N–H and O–H groups in total. The molecule has 0 bridgehead atoms. The molecule has 1 aliphatic heterocycles. The van der Waals surface area contributed by atoms with E-state index in [0.29, 0.717) is 40.7 Å². The van der Waals surface area contributed by atoms with Gasteiger partial charge in [0.15, 0.2) is 32.9 Å².